The van der Waals surface area contributed by atoms with Gasteiger partial charge in [-0.1, -0.05) is 36.6 Å². The predicted molar refractivity (Wildman–Crippen MR) is 140 cm³/mol. The lowest BCUT2D eigenvalue weighted by atomic mass is 10.1. The smallest absolute Gasteiger partial charge is 0.243 e. The van der Waals surface area contributed by atoms with Gasteiger partial charge >= 0.3 is 0 Å². The molecule has 4 aromatic rings. The zero-order valence-corrected chi connectivity index (χ0v) is 21.3. The molecule has 0 atom stereocenters. The highest BCUT2D eigenvalue weighted by molar-refractivity contribution is 7.89. The summed E-state index contributed by atoms with van der Waals surface area (Å²) >= 11 is 6.03. The lowest BCUT2D eigenvalue weighted by Gasteiger charge is -2.33. The number of H-pyrrole nitrogens is 1. The Bertz CT molecular complexity index is 1470. The number of nitrogens with one attached hydrogen (secondary N) is 2. The number of hydrogen-bond acceptors (Lipinski definition) is 6. The van der Waals surface area contributed by atoms with E-state index in [2.05, 4.69) is 35.7 Å². The molecular weight excluding hydrogens is 498 g/mol. The minimum absolute atomic E-state index is 0.130. The number of aromatic amines is 1. The number of benzene rings is 1. The number of hydrogen-bond donors (Lipinski definition) is 2. The van der Waals surface area contributed by atoms with E-state index in [0.717, 1.165) is 41.0 Å². The second-order valence-electron chi connectivity index (χ2n) is 9.63. The normalized spacial score (nSPS) is 17.9. The van der Waals surface area contributed by atoms with Crippen molar-refractivity contribution >= 4 is 38.5 Å². The predicted octanol–water partition coefficient (Wildman–Crippen LogP) is 4.54. The molecule has 2 aliphatic rings. The van der Waals surface area contributed by atoms with Gasteiger partial charge in [-0.3, -0.25) is 4.68 Å². The molecule has 9 nitrogen and oxygen atoms in total. The first-order valence-electron chi connectivity index (χ1n) is 12.4. The Balaban J connectivity index is 1.14. The first-order valence-corrected chi connectivity index (χ1v) is 14.2. The van der Waals surface area contributed by atoms with E-state index in [9.17, 15) is 8.42 Å². The summed E-state index contributed by atoms with van der Waals surface area (Å²) < 4.78 is 30.7. The molecule has 0 bridgehead atoms. The van der Waals surface area contributed by atoms with Gasteiger partial charge in [-0.2, -0.15) is 5.10 Å². The van der Waals surface area contributed by atoms with Gasteiger partial charge in [0.25, 0.3) is 0 Å². The third-order valence-corrected chi connectivity index (χ3v) is 8.99. The minimum Gasteiger partial charge on any atom is -0.356 e. The standard InChI is InChI=1S/C25H28ClN7O2S/c26-18-7-5-17(6-8-18)23-13-22-24(30-23)27-16-28-25(22)32-11-9-19(10-12-32)31-36(34,35)21-14-29-33(15-21)20-3-1-2-4-20/h5-8,13-16,19-20,31H,1-4,9-12H2,(H,27,28,30). The maximum Gasteiger partial charge on any atom is 0.243 e. The lowest BCUT2D eigenvalue weighted by molar-refractivity contribution is 0.457. The second-order valence-corrected chi connectivity index (χ2v) is 11.8. The van der Waals surface area contributed by atoms with Crippen LogP contribution in [0.15, 0.2) is 53.9 Å². The molecule has 0 unspecified atom stereocenters. The van der Waals surface area contributed by atoms with Gasteiger partial charge in [0.1, 0.15) is 22.7 Å². The Morgan fingerprint density at radius 1 is 1.03 bits per heavy atom. The van der Waals surface area contributed by atoms with Gasteiger partial charge in [-0.15, -0.1) is 0 Å². The molecule has 1 aliphatic heterocycles. The molecule has 4 heterocycles. The van der Waals surface area contributed by atoms with Crippen molar-refractivity contribution < 1.29 is 8.42 Å². The van der Waals surface area contributed by atoms with Gasteiger partial charge in [-0.05, 0) is 49.4 Å². The van der Waals surface area contributed by atoms with Crippen LogP contribution >= 0.6 is 11.6 Å². The number of sulfonamides is 1. The van der Waals surface area contributed by atoms with Crippen LogP contribution in [0.5, 0.6) is 0 Å². The van der Waals surface area contributed by atoms with Crippen LogP contribution in [0.3, 0.4) is 0 Å². The van der Waals surface area contributed by atoms with Crippen LogP contribution in [-0.4, -0.2) is 52.3 Å². The summed E-state index contributed by atoms with van der Waals surface area (Å²) in [5, 5.41) is 5.97. The van der Waals surface area contributed by atoms with Crippen molar-refractivity contribution in [2.24, 2.45) is 0 Å². The van der Waals surface area contributed by atoms with Crippen molar-refractivity contribution in [3.63, 3.8) is 0 Å². The van der Waals surface area contributed by atoms with E-state index < -0.39 is 10.0 Å². The van der Waals surface area contributed by atoms with E-state index in [1.54, 1.807) is 12.5 Å². The fourth-order valence-corrected chi connectivity index (χ4v) is 6.66. The monoisotopic (exact) mass is 525 g/mol. The largest absolute Gasteiger partial charge is 0.356 e. The van der Waals surface area contributed by atoms with Crippen molar-refractivity contribution in [1.29, 1.82) is 0 Å². The summed E-state index contributed by atoms with van der Waals surface area (Å²) in [6.07, 6.45) is 10.6. The van der Waals surface area contributed by atoms with Crippen LogP contribution in [0, 0.1) is 0 Å². The van der Waals surface area contributed by atoms with Gasteiger partial charge < -0.3 is 9.88 Å². The van der Waals surface area contributed by atoms with Crippen LogP contribution in [0.1, 0.15) is 44.6 Å². The van der Waals surface area contributed by atoms with Gasteiger partial charge in [0, 0.05) is 36.0 Å². The van der Waals surface area contributed by atoms with Crippen LogP contribution in [-0.2, 0) is 10.0 Å². The van der Waals surface area contributed by atoms with Crippen molar-refractivity contribution in [2.45, 2.75) is 55.5 Å². The van der Waals surface area contributed by atoms with E-state index >= 15 is 0 Å². The Hall–Kier alpha value is -2.95. The van der Waals surface area contributed by atoms with Gasteiger partial charge in [0.15, 0.2) is 0 Å². The molecular formula is C25H28ClN7O2S. The van der Waals surface area contributed by atoms with Crippen LogP contribution in [0.2, 0.25) is 5.02 Å². The van der Waals surface area contributed by atoms with Gasteiger partial charge in [0.05, 0.1) is 17.6 Å². The summed E-state index contributed by atoms with van der Waals surface area (Å²) in [7, 11) is -3.61. The highest BCUT2D eigenvalue weighted by Crippen LogP contribution is 2.31. The first-order chi connectivity index (χ1) is 17.5. The number of nitrogens with zero attached hydrogens (tertiary/aromatic N) is 5. The number of rotatable bonds is 6. The van der Waals surface area contributed by atoms with Crippen LogP contribution < -0.4 is 9.62 Å². The molecule has 6 rings (SSSR count). The summed E-state index contributed by atoms with van der Waals surface area (Å²) in [5.41, 5.74) is 2.74. The number of piperidine rings is 1. The average molecular weight is 526 g/mol. The summed E-state index contributed by atoms with van der Waals surface area (Å²) in [4.78, 5) is 14.8. The van der Waals surface area contributed by atoms with Crippen LogP contribution in [0.4, 0.5) is 5.82 Å². The molecule has 0 radical (unpaired) electrons. The van der Waals surface area contributed by atoms with Gasteiger partial charge in [-0.25, -0.2) is 23.1 Å². The number of fused-ring (bicyclic) bond motifs is 1. The molecule has 1 aliphatic carbocycles. The number of aromatic nitrogens is 5. The highest BCUT2D eigenvalue weighted by Gasteiger charge is 2.28. The third kappa shape index (κ3) is 4.60. The molecule has 1 aromatic carbocycles. The van der Waals surface area contributed by atoms with E-state index in [-0.39, 0.29) is 10.9 Å². The van der Waals surface area contributed by atoms with Crippen molar-refractivity contribution in [1.82, 2.24) is 29.5 Å². The van der Waals surface area contributed by atoms with Crippen molar-refractivity contribution in [3.05, 3.63) is 54.1 Å². The Labute approximate surface area is 214 Å². The Kier molecular flexibility index (Phi) is 6.18. The summed E-state index contributed by atoms with van der Waals surface area (Å²) in [6.45, 7) is 1.39. The second kappa shape index (κ2) is 9.49. The SMILES string of the molecule is O=S(=O)(NC1CCN(c2ncnc3[nH]c(-c4ccc(Cl)cc4)cc23)CC1)c1cnn(C2CCCC2)c1. The van der Waals surface area contributed by atoms with Gasteiger partial charge in [0.2, 0.25) is 10.0 Å². The molecule has 0 spiro atoms. The molecule has 36 heavy (non-hydrogen) atoms. The van der Waals surface area contributed by atoms with E-state index in [4.69, 9.17) is 11.6 Å². The molecule has 0 amide bonds. The van der Waals surface area contributed by atoms with Crippen molar-refractivity contribution in [2.75, 3.05) is 18.0 Å². The molecule has 1 saturated carbocycles. The first kappa shape index (κ1) is 23.4. The lowest BCUT2D eigenvalue weighted by Crippen LogP contribution is -2.44. The molecule has 2 fully saturated rings. The van der Waals surface area contributed by atoms with E-state index in [1.165, 1.54) is 19.0 Å². The zero-order chi connectivity index (χ0) is 24.7. The molecule has 188 valence electrons. The minimum atomic E-state index is -3.61. The molecule has 3 aromatic heterocycles. The highest BCUT2D eigenvalue weighted by atomic mass is 35.5. The fourth-order valence-electron chi connectivity index (χ4n) is 5.29. The Morgan fingerprint density at radius 3 is 2.53 bits per heavy atom. The number of halogens is 1. The summed E-state index contributed by atoms with van der Waals surface area (Å²) in [5.74, 6) is 0.857. The average Bonchev–Trinajstić information content (AvgIpc) is 3.65. The zero-order valence-electron chi connectivity index (χ0n) is 19.8. The molecule has 11 heteroatoms. The topological polar surface area (TPSA) is 109 Å². The maximum absolute atomic E-state index is 13.0. The maximum atomic E-state index is 13.0. The third-order valence-electron chi connectivity index (χ3n) is 7.26. The fraction of sp³-hybridized carbons (Fsp3) is 0.400. The van der Waals surface area contributed by atoms with E-state index in [1.807, 2.05) is 28.9 Å². The Morgan fingerprint density at radius 2 is 1.78 bits per heavy atom. The summed E-state index contributed by atoms with van der Waals surface area (Å²) in [6, 6.07) is 9.90. The van der Waals surface area contributed by atoms with Crippen LogP contribution in [0.25, 0.3) is 22.3 Å². The van der Waals surface area contributed by atoms with E-state index in [0.29, 0.717) is 37.0 Å². The molecule has 1 saturated heterocycles. The number of anilines is 1. The molecule has 2 N–H and O–H groups in total. The quantitative estimate of drug-likeness (QED) is 0.382. The van der Waals surface area contributed by atoms with Crippen molar-refractivity contribution in [3.8, 4) is 11.3 Å².